The van der Waals surface area contributed by atoms with E-state index in [9.17, 15) is 9.18 Å². The lowest BCUT2D eigenvalue weighted by Crippen LogP contribution is -2.05. The third kappa shape index (κ3) is 3.18. The van der Waals surface area contributed by atoms with Crippen LogP contribution in [0.25, 0.3) is 6.08 Å². The molecule has 0 saturated carbocycles. The molecule has 1 aliphatic rings. The second kappa shape index (κ2) is 5.77. The summed E-state index contributed by atoms with van der Waals surface area (Å²) in [6, 6.07) is 13.3. The van der Waals surface area contributed by atoms with Crippen molar-refractivity contribution in [1.82, 2.24) is 0 Å². The summed E-state index contributed by atoms with van der Waals surface area (Å²) in [6.45, 7) is 0. The van der Waals surface area contributed by atoms with Gasteiger partial charge in [-0.3, -0.25) is 0 Å². The quantitative estimate of drug-likeness (QED) is 0.443. The normalized spacial score (nSPS) is 16.0. The number of carbonyl (C=O) groups excluding carboxylic acids is 1. The Hall–Kier alpha value is -2.02. The lowest BCUT2D eigenvalue weighted by atomic mass is 10.2. The smallest absolute Gasteiger partial charge is 0.363 e. The van der Waals surface area contributed by atoms with Crippen LogP contribution < -0.4 is 0 Å². The van der Waals surface area contributed by atoms with Gasteiger partial charge in [0, 0.05) is 9.13 Å². The van der Waals surface area contributed by atoms with Crippen molar-refractivity contribution in [2.75, 3.05) is 0 Å². The molecule has 2 aromatic carbocycles. The maximum atomic E-state index is 12.9. The third-order valence-corrected chi connectivity index (χ3v) is 3.60. The van der Waals surface area contributed by atoms with Crippen LogP contribution in [0.5, 0.6) is 0 Å². The van der Waals surface area contributed by atoms with Crippen molar-refractivity contribution in [1.29, 1.82) is 0 Å². The van der Waals surface area contributed by atoms with Crippen LogP contribution in [-0.4, -0.2) is 11.9 Å². The highest BCUT2D eigenvalue weighted by molar-refractivity contribution is 14.1. The minimum atomic E-state index is -0.507. The molecule has 0 radical (unpaired) electrons. The zero-order valence-corrected chi connectivity index (χ0v) is 12.9. The fourth-order valence-electron chi connectivity index (χ4n) is 1.84. The molecule has 0 aliphatic carbocycles. The van der Waals surface area contributed by atoms with E-state index in [4.69, 9.17) is 4.74 Å². The maximum Gasteiger partial charge on any atom is 0.363 e. The molecule has 0 bridgehead atoms. The molecule has 0 saturated heterocycles. The van der Waals surface area contributed by atoms with Crippen LogP contribution in [-0.2, 0) is 9.53 Å². The Balaban J connectivity index is 1.91. The Morgan fingerprint density at radius 3 is 2.38 bits per heavy atom. The first-order valence-corrected chi connectivity index (χ1v) is 7.24. The number of carbonyl (C=O) groups is 1. The molecule has 1 heterocycles. The summed E-state index contributed by atoms with van der Waals surface area (Å²) in [7, 11) is 0. The molecular formula is C16H9FINO2. The van der Waals surface area contributed by atoms with Gasteiger partial charge in [0.1, 0.15) is 5.82 Å². The van der Waals surface area contributed by atoms with E-state index in [1.54, 1.807) is 18.2 Å². The second-order valence-electron chi connectivity index (χ2n) is 4.39. The Kier molecular flexibility index (Phi) is 3.83. The Morgan fingerprint density at radius 1 is 1.05 bits per heavy atom. The lowest BCUT2D eigenvalue weighted by Gasteiger charge is -1.98. The van der Waals surface area contributed by atoms with E-state index in [-0.39, 0.29) is 17.4 Å². The van der Waals surface area contributed by atoms with Gasteiger partial charge in [-0.1, -0.05) is 12.1 Å². The zero-order valence-electron chi connectivity index (χ0n) is 10.7. The molecule has 0 fully saturated rings. The Bertz CT molecular complexity index is 749. The highest BCUT2D eigenvalue weighted by Gasteiger charge is 2.23. The number of hydrogen-bond donors (Lipinski definition) is 0. The first-order chi connectivity index (χ1) is 10.1. The lowest BCUT2D eigenvalue weighted by molar-refractivity contribution is -0.129. The monoisotopic (exact) mass is 393 g/mol. The number of nitrogens with zero attached hydrogens (tertiary/aromatic N) is 1. The van der Waals surface area contributed by atoms with Crippen molar-refractivity contribution >= 4 is 40.5 Å². The molecule has 1 aliphatic heterocycles. The van der Waals surface area contributed by atoms with E-state index < -0.39 is 5.97 Å². The standard InChI is InChI=1S/C16H9FINO2/c17-12-5-1-10(2-6-12)9-14-16(20)21-15(19-14)11-3-7-13(18)8-4-11/h1-9H. The molecule has 0 N–H and O–H groups in total. The topological polar surface area (TPSA) is 38.7 Å². The van der Waals surface area contributed by atoms with Gasteiger partial charge in [-0.15, -0.1) is 0 Å². The molecule has 3 nitrogen and oxygen atoms in total. The first-order valence-electron chi connectivity index (χ1n) is 6.16. The van der Waals surface area contributed by atoms with Crippen LogP contribution in [0.1, 0.15) is 11.1 Å². The van der Waals surface area contributed by atoms with E-state index in [1.807, 2.05) is 24.3 Å². The van der Waals surface area contributed by atoms with Crippen molar-refractivity contribution < 1.29 is 13.9 Å². The fourth-order valence-corrected chi connectivity index (χ4v) is 2.20. The molecule has 0 unspecified atom stereocenters. The molecule has 3 rings (SSSR count). The van der Waals surface area contributed by atoms with Gasteiger partial charge in [0.15, 0.2) is 5.70 Å². The molecule has 21 heavy (non-hydrogen) atoms. The summed E-state index contributed by atoms with van der Waals surface area (Å²) >= 11 is 2.20. The van der Waals surface area contributed by atoms with Gasteiger partial charge in [-0.2, -0.15) is 0 Å². The minimum Gasteiger partial charge on any atom is -0.402 e. The van der Waals surface area contributed by atoms with Gasteiger partial charge in [0.25, 0.3) is 0 Å². The number of aliphatic imine (C=N–C) groups is 1. The second-order valence-corrected chi connectivity index (χ2v) is 5.64. The van der Waals surface area contributed by atoms with Gasteiger partial charge in [0.2, 0.25) is 5.90 Å². The molecule has 5 heteroatoms. The molecule has 2 aromatic rings. The van der Waals surface area contributed by atoms with Gasteiger partial charge >= 0.3 is 5.97 Å². The van der Waals surface area contributed by atoms with E-state index >= 15 is 0 Å². The summed E-state index contributed by atoms with van der Waals surface area (Å²) in [6.07, 6.45) is 1.57. The van der Waals surface area contributed by atoms with Gasteiger partial charge in [-0.25, -0.2) is 14.2 Å². The number of ether oxygens (including phenoxy) is 1. The molecular weight excluding hydrogens is 384 g/mol. The van der Waals surface area contributed by atoms with Crippen molar-refractivity contribution in [2.24, 2.45) is 4.99 Å². The number of hydrogen-bond acceptors (Lipinski definition) is 3. The molecule has 0 amide bonds. The van der Waals surface area contributed by atoms with Crippen LogP contribution in [0.4, 0.5) is 4.39 Å². The zero-order chi connectivity index (χ0) is 14.8. The van der Waals surface area contributed by atoms with E-state index in [0.29, 0.717) is 5.56 Å². The van der Waals surface area contributed by atoms with Crippen LogP contribution in [0, 0.1) is 9.39 Å². The summed E-state index contributed by atoms with van der Waals surface area (Å²) in [5.41, 5.74) is 1.64. The fraction of sp³-hybridized carbons (Fsp3) is 0. The molecule has 0 atom stereocenters. The summed E-state index contributed by atoms with van der Waals surface area (Å²) in [5.74, 6) is -0.549. The first kappa shape index (κ1) is 13.9. The van der Waals surface area contributed by atoms with Crippen LogP contribution in [0.2, 0.25) is 0 Å². The summed E-state index contributed by atoms with van der Waals surface area (Å²) in [5, 5.41) is 0. The number of cyclic esters (lactones) is 1. The predicted octanol–water partition coefficient (Wildman–Crippen LogP) is 3.77. The highest BCUT2D eigenvalue weighted by atomic mass is 127. The SMILES string of the molecule is O=C1OC(c2ccc(I)cc2)=NC1=Cc1ccc(F)cc1. The molecule has 0 spiro atoms. The van der Waals surface area contributed by atoms with Crippen molar-refractivity contribution in [2.45, 2.75) is 0 Å². The van der Waals surface area contributed by atoms with E-state index in [2.05, 4.69) is 27.6 Å². The average molecular weight is 393 g/mol. The summed E-state index contributed by atoms with van der Waals surface area (Å²) in [4.78, 5) is 16.0. The van der Waals surface area contributed by atoms with Gasteiger partial charge < -0.3 is 4.74 Å². The highest BCUT2D eigenvalue weighted by Crippen LogP contribution is 2.19. The average Bonchev–Trinajstić information content (AvgIpc) is 2.83. The van der Waals surface area contributed by atoms with E-state index in [0.717, 1.165) is 9.13 Å². The number of esters is 1. The van der Waals surface area contributed by atoms with E-state index in [1.165, 1.54) is 12.1 Å². The number of benzene rings is 2. The van der Waals surface area contributed by atoms with Gasteiger partial charge in [-0.05, 0) is 70.6 Å². The third-order valence-electron chi connectivity index (χ3n) is 2.89. The predicted molar refractivity (Wildman–Crippen MR) is 86.2 cm³/mol. The van der Waals surface area contributed by atoms with Crippen molar-refractivity contribution in [3.8, 4) is 0 Å². The van der Waals surface area contributed by atoms with Crippen molar-refractivity contribution in [3.63, 3.8) is 0 Å². The number of halogens is 2. The van der Waals surface area contributed by atoms with Gasteiger partial charge in [0.05, 0.1) is 0 Å². The van der Waals surface area contributed by atoms with Crippen LogP contribution >= 0.6 is 22.6 Å². The largest absolute Gasteiger partial charge is 0.402 e. The molecule has 0 aromatic heterocycles. The Labute approximate surface area is 134 Å². The van der Waals surface area contributed by atoms with Crippen molar-refractivity contribution in [3.05, 3.63) is 74.7 Å². The minimum absolute atomic E-state index is 0.204. The Morgan fingerprint density at radius 2 is 1.71 bits per heavy atom. The molecule has 104 valence electrons. The summed E-state index contributed by atoms with van der Waals surface area (Å²) < 4.78 is 19.1. The number of rotatable bonds is 2. The van der Waals surface area contributed by atoms with Crippen LogP contribution in [0.15, 0.2) is 59.2 Å². The van der Waals surface area contributed by atoms with Crippen LogP contribution in [0.3, 0.4) is 0 Å². The maximum absolute atomic E-state index is 12.9.